The quantitative estimate of drug-likeness (QED) is 0.295. The first-order chi connectivity index (χ1) is 15.7. The fraction of sp³-hybridized carbons (Fsp3) is 0.871. The number of carbonyl (C=O) groups is 2. The number of esters is 1. The molecule has 0 aromatic heterocycles. The van der Waals surface area contributed by atoms with E-state index in [-0.39, 0.29) is 38.5 Å². The van der Waals surface area contributed by atoms with Gasteiger partial charge in [-0.3, -0.25) is 9.59 Å². The van der Waals surface area contributed by atoms with E-state index < -0.39 is 0 Å². The maximum atomic E-state index is 13.3. The predicted molar refractivity (Wildman–Crippen MR) is 136 cm³/mol. The summed E-state index contributed by atoms with van der Waals surface area (Å²) in [6.07, 6.45) is 13.0. The number of ketones is 1. The van der Waals surface area contributed by atoms with Crippen LogP contribution in [0.15, 0.2) is 11.6 Å². The molecule has 7 atom stereocenters. The molecule has 3 nitrogen and oxygen atoms in total. The second-order valence-electron chi connectivity index (χ2n) is 15.0. The van der Waals surface area contributed by atoms with Crippen LogP contribution >= 0.6 is 0 Å². The van der Waals surface area contributed by atoms with E-state index in [0.29, 0.717) is 23.5 Å². The average molecular weight is 469 g/mol. The van der Waals surface area contributed by atoms with E-state index in [1.165, 1.54) is 6.42 Å². The van der Waals surface area contributed by atoms with E-state index in [1.54, 1.807) is 12.7 Å². The van der Waals surface area contributed by atoms with Gasteiger partial charge in [0.05, 0.1) is 12.5 Å². The maximum Gasteiger partial charge on any atom is 0.312 e. The Hall–Kier alpha value is -1.12. The molecule has 0 radical (unpaired) electrons. The molecule has 5 aliphatic carbocycles. The second kappa shape index (κ2) is 7.22. The number of fused-ring (bicyclic) bond motifs is 7. The van der Waals surface area contributed by atoms with Crippen LogP contribution in [0.3, 0.4) is 0 Å². The molecular formula is C31H48O3. The van der Waals surface area contributed by atoms with Crippen molar-refractivity contribution in [3.8, 4) is 0 Å². The molecule has 0 heterocycles. The first-order valence-electron chi connectivity index (χ1n) is 14.0. The second-order valence-corrected chi connectivity index (χ2v) is 15.0. The summed E-state index contributed by atoms with van der Waals surface area (Å²) in [6, 6.07) is 0. The third-order valence-electron chi connectivity index (χ3n) is 13.0. The van der Waals surface area contributed by atoms with Crippen molar-refractivity contribution in [3.05, 3.63) is 11.6 Å². The molecule has 0 amide bonds. The Balaban J connectivity index is 1.60. The topological polar surface area (TPSA) is 43.4 Å². The molecule has 5 rings (SSSR count). The van der Waals surface area contributed by atoms with Crippen molar-refractivity contribution in [1.82, 2.24) is 0 Å². The number of allylic oxidation sites excluding steroid dienone is 2. The number of carbonyl (C=O) groups excluding carboxylic acids is 2. The van der Waals surface area contributed by atoms with Crippen LogP contribution in [0.4, 0.5) is 0 Å². The van der Waals surface area contributed by atoms with Crippen molar-refractivity contribution in [2.45, 2.75) is 113 Å². The van der Waals surface area contributed by atoms with Crippen molar-refractivity contribution in [2.75, 3.05) is 7.11 Å². The molecule has 4 saturated carbocycles. The SMILES string of the molecule is COC(=O)[C@]12CCC(C)(C)CC1C1=CCC3[C@@]4(C)CCC(=O)C(C)(C)C4CC[C@@]3(C)[C@]1(C)CC2. The van der Waals surface area contributed by atoms with E-state index in [2.05, 4.69) is 54.5 Å². The minimum Gasteiger partial charge on any atom is -0.469 e. The summed E-state index contributed by atoms with van der Waals surface area (Å²) in [6.45, 7) is 16.9. The largest absolute Gasteiger partial charge is 0.469 e. The summed E-state index contributed by atoms with van der Waals surface area (Å²) >= 11 is 0. The van der Waals surface area contributed by atoms with Gasteiger partial charge < -0.3 is 4.74 Å². The van der Waals surface area contributed by atoms with E-state index >= 15 is 0 Å². The zero-order chi connectivity index (χ0) is 24.9. The summed E-state index contributed by atoms with van der Waals surface area (Å²) in [4.78, 5) is 26.3. The van der Waals surface area contributed by atoms with Gasteiger partial charge in [0.1, 0.15) is 5.78 Å². The van der Waals surface area contributed by atoms with Crippen LogP contribution in [-0.4, -0.2) is 18.9 Å². The molecule has 0 bridgehead atoms. The van der Waals surface area contributed by atoms with Gasteiger partial charge in [0.25, 0.3) is 0 Å². The Kier molecular flexibility index (Phi) is 5.22. The smallest absolute Gasteiger partial charge is 0.312 e. The number of hydrogen-bond acceptors (Lipinski definition) is 3. The molecule has 3 heteroatoms. The monoisotopic (exact) mass is 468 g/mol. The lowest BCUT2D eigenvalue weighted by Crippen LogP contribution is -2.64. The molecule has 190 valence electrons. The molecule has 4 fully saturated rings. The summed E-state index contributed by atoms with van der Waals surface area (Å²) in [5.74, 6) is 1.88. The lowest BCUT2D eigenvalue weighted by Gasteiger charge is -2.70. The average Bonchev–Trinajstić information content (AvgIpc) is 2.76. The number of rotatable bonds is 1. The molecule has 0 aromatic carbocycles. The van der Waals surface area contributed by atoms with Crippen LogP contribution in [0.25, 0.3) is 0 Å². The number of ether oxygens (including phenoxy) is 1. The highest BCUT2D eigenvalue weighted by atomic mass is 16.5. The van der Waals surface area contributed by atoms with E-state index in [4.69, 9.17) is 4.74 Å². The lowest BCUT2D eigenvalue weighted by molar-refractivity contribution is -0.190. The van der Waals surface area contributed by atoms with Crippen molar-refractivity contribution < 1.29 is 14.3 Å². The van der Waals surface area contributed by atoms with Crippen molar-refractivity contribution >= 4 is 11.8 Å². The first kappa shape index (κ1) is 24.6. The fourth-order valence-electron chi connectivity index (χ4n) is 10.6. The highest BCUT2D eigenvalue weighted by Gasteiger charge is 2.69. The Bertz CT molecular complexity index is 942. The van der Waals surface area contributed by atoms with E-state index in [0.717, 1.165) is 57.8 Å². The Morgan fingerprint density at radius 2 is 1.59 bits per heavy atom. The number of methoxy groups -OCH3 is 1. The summed E-state index contributed by atoms with van der Waals surface area (Å²) in [5, 5.41) is 0. The summed E-state index contributed by atoms with van der Waals surface area (Å²) in [7, 11) is 1.59. The summed E-state index contributed by atoms with van der Waals surface area (Å²) < 4.78 is 5.48. The van der Waals surface area contributed by atoms with Gasteiger partial charge in [-0.25, -0.2) is 0 Å². The van der Waals surface area contributed by atoms with Crippen LogP contribution in [0.5, 0.6) is 0 Å². The molecular weight excluding hydrogens is 420 g/mol. The fourth-order valence-corrected chi connectivity index (χ4v) is 10.6. The van der Waals surface area contributed by atoms with Gasteiger partial charge in [-0.05, 0) is 97.2 Å². The molecule has 5 aliphatic rings. The number of hydrogen-bond donors (Lipinski definition) is 0. The van der Waals surface area contributed by atoms with Crippen LogP contribution in [0.2, 0.25) is 0 Å². The van der Waals surface area contributed by atoms with Crippen molar-refractivity contribution in [3.63, 3.8) is 0 Å². The van der Waals surface area contributed by atoms with Crippen molar-refractivity contribution in [1.29, 1.82) is 0 Å². The third kappa shape index (κ3) is 2.88. The zero-order valence-corrected chi connectivity index (χ0v) is 23.1. The summed E-state index contributed by atoms with van der Waals surface area (Å²) in [5.41, 5.74) is 1.84. The predicted octanol–water partition coefficient (Wildman–Crippen LogP) is 7.53. The van der Waals surface area contributed by atoms with Crippen molar-refractivity contribution in [2.24, 2.45) is 50.2 Å². The standard InChI is InChI=1S/C31H48O3/c1-26(2)15-17-31(25(33)34-8)18-16-29(6)20(21(31)19-26)9-10-23-28(5)13-12-24(32)27(3,4)22(28)11-14-30(23,29)7/h9,21-23H,10-19H2,1-8H3/t21?,22?,23?,28-,29+,30+,31-/m0/s1. The molecule has 34 heavy (non-hydrogen) atoms. The van der Waals surface area contributed by atoms with Gasteiger partial charge in [-0.1, -0.05) is 60.1 Å². The van der Waals surface area contributed by atoms with Gasteiger partial charge >= 0.3 is 5.97 Å². The third-order valence-corrected chi connectivity index (χ3v) is 13.0. The van der Waals surface area contributed by atoms with Crippen LogP contribution in [0.1, 0.15) is 113 Å². The van der Waals surface area contributed by atoms with Crippen LogP contribution < -0.4 is 0 Å². The van der Waals surface area contributed by atoms with Gasteiger partial charge in [0.2, 0.25) is 0 Å². The van der Waals surface area contributed by atoms with Crippen LogP contribution in [-0.2, 0) is 14.3 Å². The number of Topliss-reactive ketones (excluding diaryl/α,β-unsaturated/α-hetero) is 1. The highest BCUT2D eigenvalue weighted by molar-refractivity contribution is 5.85. The Morgan fingerprint density at radius 1 is 0.912 bits per heavy atom. The Morgan fingerprint density at radius 3 is 2.26 bits per heavy atom. The molecule has 0 spiro atoms. The van der Waals surface area contributed by atoms with Gasteiger partial charge in [-0.15, -0.1) is 0 Å². The molecule has 3 unspecified atom stereocenters. The van der Waals surface area contributed by atoms with Gasteiger partial charge in [0, 0.05) is 11.8 Å². The highest BCUT2D eigenvalue weighted by Crippen LogP contribution is 2.75. The molecule has 0 aliphatic heterocycles. The maximum absolute atomic E-state index is 13.3. The molecule has 0 N–H and O–H groups in total. The van der Waals surface area contributed by atoms with E-state index in [1.807, 2.05) is 0 Å². The molecule has 0 saturated heterocycles. The normalized spacial score (nSPS) is 49.0. The lowest BCUT2D eigenvalue weighted by atomic mass is 9.33. The Labute approximate surface area is 207 Å². The molecule has 0 aromatic rings. The minimum absolute atomic E-state index is 0.0337. The van der Waals surface area contributed by atoms with Crippen LogP contribution in [0, 0.1) is 50.2 Å². The van der Waals surface area contributed by atoms with E-state index in [9.17, 15) is 9.59 Å². The van der Waals surface area contributed by atoms with Gasteiger partial charge in [-0.2, -0.15) is 0 Å². The zero-order valence-electron chi connectivity index (χ0n) is 23.1. The minimum atomic E-state index is -0.334. The first-order valence-corrected chi connectivity index (χ1v) is 14.0. The van der Waals surface area contributed by atoms with Gasteiger partial charge in [0.15, 0.2) is 0 Å².